The van der Waals surface area contributed by atoms with Gasteiger partial charge in [0, 0.05) is 44.4 Å². The number of carbonyl (C=O) groups excluding carboxylic acids is 1. The van der Waals surface area contributed by atoms with Gasteiger partial charge in [0.2, 0.25) is 0 Å². The molecule has 210 valence electrons. The second kappa shape index (κ2) is 10.5. The molecule has 1 aliphatic heterocycles. The Morgan fingerprint density at radius 1 is 0.950 bits per heavy atom. The third kappa shape index (κ3) is 5.33. The van der Waals surface area contributed by atoms with Crippen LogP contribution in [0.15, 0.2) is 60.7 Å². The molecule has 0 spiro atoms. The second-order valence-corrected chi connectivity index (χ2v) is 9.33. The van der Waals surface area contributed by atoms with Crippen LogP contribution in [-0.2, 0) is 12.5 Å². The van der Waals surface area contributed by atoms with Gasteiger partial charge in [0.15, 0.2) is 11.3 Å². The standard InChI is InChI=1S/C27H23F6N5O2/c1-40-20-4-2-3-17(13-20)16-36-9-11-37(12-10-36)25(39)22-15-24-34-21(18-5-7-19(28)8-6-18)14-23(38(24)35-22)26(29,30)27(31,32)33/h2-8,13-15H,9-12,16H2,1H3. The Labute approximate surface area is 224 Å². The quantitative estimate of drug-likeness (QED) is 0.304. The Morgan fingerprint density at radius 2 is 1.65 bits per heavy atom. The first-order valence-electron chi connectivity index (χ1n) is 12.2. The minimum absolute atomic E-state index is 0.115. The molecule has 0 unspecified atom stereocenters. The van der Waals surface area contributed by atoms with Crippen molar-refractivity contribution >= 4 is 11.6 Å². The molecular weight excluding hydrogens is 540 g/mol. The smallest absolute Gasteiger partial charge is 0.459 e. The van der Waals surface area contributed by atoms with Crippen molar-refractivity contribution in [2.24, 2.45) is 0 Å². The molecule has 0 radical (unpaired) electrons. The summed E-state index contributed by atoms with van der Waals surface area (Å²) in [5.41, 5.74) is -1.31. The molecule has 4 aromatic rings. The van der Waals surface area contributed by atoms with E-state index in [-0.39, 0.29) is 22.6 Å². The molecule has 40 heavy (non-hydrogen) atoms. The molecule has 7 nitrogen and oxygen atoms in total. The van der Waals surface area contributed by atoms with Crippen LogP contribution in [0.25, 0.3) is 16.9 Å². The second-order valence-electron chi connectivity index (χ2n) is 9.33. The molecule has 2 aromatic heterocycles. The number of piperazine rings is 1. The van der Waals surface area contributed by atoms with Crippen LogP contribution in [0.5, 0.6) is 5.75 Å². The van der Waals surface area contributed by atoms with Crippen molar-refractivity contribution in [3.8, 4) is 17.0 Å². The predicted molar refractivity (Wildman–Crippen MR) is 133 cm³/mol. The van der Waals surface area contributed by atoms with E-state index in [0.717, 1.165) is 29.5 Å². The summed E-state index contributed by atoms with van der Waals surface area (Å²) in [7, 11) is 1.58. The fourth-order valence-electron chi connectivity index (χ4n) is 4.52. The van der Waals surface area contributed by atoms with Crippen LogP contribution in [0, 0.1) is 5.82 Å². The number of methoxy groups -OCH3 is 1. The number of halogens is 6. The van der Waals surface area contributed by atoms with E-state index in [4.69, 9.17) is 4.74 Å². The Bertz CT molecular complexity index is 1530. The maximum atomic E-state index is 14.6. The maximum absolute atomic E-state index is 14.6. The molecule has 0 atom stereocenters. The maximum Gasteiger partial charge on any atom is 0.459 e. The lowest BCUT2D eigenvalue weighted by molar-refractivity contribution is -0.291. The Balaban J connectivity index is 1.41. The lowest BCUT2D eigenvalue weighted by Gasteiger charge is -2.34. The molecule has 0 aliphatic carbocycles. The van der Waals surface area contributed by atoms with Gasteiger partial charge in [0.25, 0.3) is 5.91 Å². The number of carbonyl (C=O) groups is 1. The molecule has 1 saturated heterocycles. The number of benzene rings is 2. The highest BCUT2D eigenvalue weighted by molar-refractivity contribution is 5.93. The van der Waals surface area contributed by atoms with Crippen LogP contribution < -0.4 is 4.74 Å². The molecule has 1 aliphatic rings. The number of rotatable bonds is 6. The molecule has 0 bridgehead atoms. The third-order valence-electron chi connectivity index (χ3n) is 6.66. The van der Waals surface area contributed by atoms with Crippen molar-refractivity contribution in [2.75, 3.05) is 33.3 Å². The van der Waals surface area contributed by atoms with Crippen molar-refractivity contribution in [3.05, 3.63) is 83.4 Å². The van der Waals surface area contributed by atoms with Crippen LogP contribution in [0.1, 0.15) is 21.7 Å². The normalized spacial score (nSPS) is 15.0. The topological polar surface area (TPSA) is 63.0 Å². The van der Waals surface area contributed by atoms with Gasteiger partial charge in [-0.1, -0.05) is 12.1 Å². The molecular formula is C27H23F6N5O2. The number of hydrogen-bond donors (Lipinski definition) is 0. The van der Waals surface area contributed by atoms with Gasteiger partial charge in [-0.2, -0.15) is 27.1 Å². The molecule has 3 heterocycles. The summed E-state index contributed by atoms with van der Waals surface area (Å²) in [6, 6.07) is 13.7. The summed E-state index contributed by atoms with van der Waals surface area (Å²) >= 11 is 0. The number of ether oxygens (including phenoxy) is 1. The zero-order valence-corrected chi connectivity index (χ0v) is 21.1. The highest BCUT2D eigenvalue weighted by Gasteiger charge is 2.60. The van der Waals surface area contributed by atoms with E-state index < -0.39 is 29.5 Å². The first-order chi connectivity index (χ1) is 19.0. The molecule has 13 heteroatoms. The van der Waals surface area contributed by atoms with Crippen LogP contribution in [0.3, 0.4) is 0 Å². The highest BCUT2D eigenvalue weighted by Crippen LogP contribution is 2.44. The van der Waals surface area contributed by atoms with E-state index in [1.165, 1.54) is 17.0 Å². The summed E-state index contributed by atoms with van der Waals surface area (Å²) in [4.78, 5) is 20.9. The van der Waals surface area contributed by atoms with Crippen LogP contribution in [0.2, 0.25) is 0 Å². The van der Waals surface area contributed by atoms with E-state index in [0.29, 0.717) is 43.3 Å². The predicted octanol–water partition coefficient (Wildman–Crippen LogP) is 5.16. The van der Waals surface area contributed by atoms with Gasteiger partial charge in [-0.15, -0.1) is 0 Å². The molecule has 2 aromatic carbocycles. The van der Waals surface area contributed by atoms with Crippen LogP contribution in [0.4, 0.5) is 26.3 Å². The number of fused-ring (bicyclic) bond motifs is 1. The van der Waals surface area contributed by atoms with Gasteiger partial charge in [0.05, 0.1) is 12.8 Å². The summed E-state index contributed by atoms with van der Waals surface area (Å²) in [6.07, 6.45) is -5.93. The van der Waals surface area contributed by atoms with E-state index in [1.54, 1.807) is 7.11 Å². The Hall–Kier alpha value is -4.13. The largest absolute Gasteiger partial charge is 0.497 e. The van der Waals surface area contributed by atoms with Crippen molar-refractivity contribution in [1.82, 2.24) is 24.4 Å². The number of hydrogen-bond acceptors (Lipinski definition) is 5. The summed E-state index contributed by atoms with van der Waals surface area (Å²) in [6.45, 7) is 2.26. The van der Waals surface area contributed by atoms with E-state index in [2.05, 4.69) is 15.0 Å². The zero-order chi connectivity index (χ0) is 28.7. The van der Waals surface area contributed by atoms with E-state index in [9.17, 15) is 31.1 Å². The highest BCUT2D eigenvalue weighted by atomic mass is 19.4. The van der Waals surface area contributed by atoms with E-state index in [1.807, 2.05) is 24.3 Å². The molecule has 0 N–H and O–H groups in total. The Morgan fingerprint density at radius 3 is 2.30 bits per heavy atom. The van der Waals surface area contributed by atoms with Crippen molar-refractivity contribution in [1.29, 1.82) is 0 Å². The van der Waals surface area contributed by atoms with Gasteiger partial charge in [-0.25, -0.2) is 13.9 Å². The van der Waals surface area contributed by atoms with Gasteiger partial charge in [-0.05, 0) is 48.0 Å². The van der Waals surface area contributed by atoms with Gasteiger partial charge < -0.3 is 9.64 Å². The van der Waals surface area contributed by atoms with Crippen LogP contribution in [-0.4, -0.2) is 69.8 Å². The van der Waals surface area contributed by atoms with Gasteiger partial charge >= 0.3 is 12.1 Å². The minimum Gasteiger partial charge on any atom is -0.497 e. The average molecular weight is 564 g/mol. The molecule has 5 rings (SSSR count). The number of aromatic nitrogens is 3. The SMILES string of the molecule is COc1cccc(CN2CCN(C(=O)c3cc4nc(-c5ccc(F)cc5)cc(C(F)(F)C(F)(F)F)n4n3)CC2)c1. The number of nitrogens with zero attached hydrogens (tertiary/aromatic N) is 5. The Kier molecular flexibility index (Phi) is 7.17. The van der Waals surface area contributed by atoms with Crippen LogP contribution >= 0.6 is 0 Å². The third-order valence-corrected chi connectivity index (χ3v) is 6.66. The summed E-state index contributed by atoms with van der Waals surface area (Å²) < 4.78 is 88.3. The lowest BCUT2D eigenvalue weighted by Crippen LogP contribution is -2.48. The minimum atomic E-state index is -5.93. The average Bonchev–Trinajstić information content (AvgIpc) is 3.36. The fraction of sp³-hybridized carbons (Fsp3) is 0.296. The monoisotopic (exact) mass is 563 g/mol. The van der Waals surface area contributed by atoms with E-state index >= 15 is 0 Å². The van der Waals surface area contributed by atoms with Crippen molar-refractivity contribution in [2.45, 2.75) is 18.6 Å². The number of amides is 1. The van der Waals surface area contributed by atoms with Gasteiger partial charge in [-0.3, -0.25) is 9.69 Å². The lowest BCUT2D eigenvalue weighted by atomic mass is 10.1. The van der Waals surface area contributed by atoms with Crippen molar-refractivity contribution < 1.29 is 35.9 Å². The summed E-state index contributed by atoms with van der Waals surface area (Å²) in [5, 5.41) is 3.82. The fourth-order valence-corrected chi connectivity index (χ4v) is 4.52. The molecule has 1 amide bonds. The first kappa shape index (κ1) is 27.4. The van der Waals surface area contributed by atoms with Crippen molar-refractivity contribution in [3.63, 3.8) is 0 Å². The molecule has 1 fully saturated rings. The zero-order valence-electron chi connectivity index (χ0n) is 21.1. The first-order valence-corrected chi connectivity index (χ1v) is 12.2. The molecule has 0 saturated carbocycles. The van der Waals surface area contributed by atoms with Gasteiger partial charge in [0.1, 0.15) is 17.3 Å². The number of alkyl halides is 5. The summed E-state index contributed by atoms with van der Waals surface area (Å²) in [5.74, 6) is -5.81.